The molecular weight excluding hydrogens is 445 g/mol. The molecule has 2 heterocycles. The van der Waals surface area contributed by atoms with E-state index in [1.165, 1.54) is 6.07 Å². The molecule has 11 heteroatoms. The summed E-state index contributed by atoms with van der Waals surface area (Å²) >= 11 is 0. The quantitative estimate of drug-likeness (QED) is 0.600. The Balaban J connectivity index is 1.86. The number of nitrogens with zero attached hydrogens (tertiary/aromatic N) is 2. The first-order chi connectivity index (χ1) is 15.2. The molecule has 1 aliphatic heterocycles. The van der Waals surface area contributed by atoms with Crippen LogP contribution in [0.1, 0.15) is 25.7 Å². The van der Waals surface area contributed by atoms with Crippen molar-refractivity contribution in [1.82, 2.24) is 10.2 Å². The molecule has 0 bridgehead atoms. The molecule has 1 fully saturated rings. The van der Waals surface area contributed by atoms with Gasteiger partial charge in [-0.15, -0.1) is 0 Å². The number of anilines is 2. The molecule has 0 spiro atoms. The first-order valence-electron chi connectivity index (χ1n) is 10.1. The minimum atomic E-state index is -5.62. The molecule has 2 aromatic carbocycles. The van der Waals surface area contributed by atoms with Crippen molar-refractivity contribution in [1.29, 1.82) is 0 Å². The van der Waals surface area contributed by atoms with E-state index in [1.807, 2.05) is 4.90 Å². The third-order valence-electron chi connectivity index (χ3n) is 5.46. The third kappa shape index (κ3) is 4.29. The van der Waals surface area contributed by atoms with Gasteiger partial charge in [0.1, 0.15) is 0 Å². The van der Waals surface area contributed by atoms with E-state index in [0.29, 0.717) is 40.8 Å². The number of aromatic nitrogens is 2. The van der Waals surface area contributed by atoms with Crippen molar-refractivity contribution in [3.63, 3.8) is 0 Å². The highest BCUT2D eigenvalue weighted by Gasteiger charge is 2.46. The lowest BCUT2D eigenvalue weighted by atomic mass is 10.0. The van der Waals surface area contributed by atoms with Gasteiger partial charge in [0.2, 0.25) is 0 Å². The number of nitrogens with one attached hydrogen (secondary N) is 2. The van der Waals surface area contributed by atoms with E-state index in [0.717, 1.165) is 25.7 Å². The summed E-state index contributed by atoms with van der Waals surface area (Å²) in [6.45, 7) is 1.22. The molecule has 7 nitrogen and oxygen atoms in total. The van der Waals surface area contributed by atoms with Crippen molar-refractivity contribution < 1.29 is 21.6 Å². The van der Waals surface area contributed by atoms with Crippen LogP contribution in [0.5, 0.6) is 0 Å². The van der Waals surface area contributed by atoms with E-state index in [9.17, 15) is 26.4 Å². The molecule has 4 rings (SSSR count). The molecule has 0 radical (unpaired) electrons. The van der Waals surface area contributed by atoms with Gasteiger partial charge in [-0.3, -0.25) is 9.52 Å². The van der Waals surface area contributed by atoms with Gasteiger partial charge in [-0.2, -0.15) is 26.7 Å². The molecule has 3 aromatic rings. The Labute approximate surface area is 182 Å². The predicted octanol–water partition coefficient (Wildman–Crippen LogP) is 4.23. The third-order valence-corrected chi connectivity index (χ3v) is 6.56. The minimum Gasteiger partial charge on any atom is -0.370 e. The van der Waals surface area contributed by atoms with E-state index in [1.54, 1.807) is 41.1 Å². The molecule has 1 saturated heterocycles. The lowest BCUT2D eigenvalue weighted by molar-refractivity contribution is -0.0429. The number of rotatable bonds is 4. The number of aromatic amines is 1. The van der Waals surface area contributed by atoms with Crippen molar-refractivity contribution in [3.05, 3.63) is 52.8 Å². The molecule has 1 aliphatic rings. The highest BCUT2D eigenvalue weighted by Crippen LogP contribution is 2.36. The van der Waals surface area contributed by atoms with Gasteiger partial charge in [-0.1, -0.05) is 37.1 Å². The standard InChI is InChI=1S/C21H21F3N4O3S/c22-21(23,24)32(30,31)27-17-13-14(9-10-18(17)28-11-5-1-2-6-12-28)19-15-7-3-4-8-16(15)20(29)26-25-19/h3-4,7-10,13,27H,1-2,5-6,11-12H2,(H,26,29). The van der Waals surface area contributed by atoms with Gasteiger partial charge in [-0.05, 0) is 31.0 Å². The lowest BCUT2D eigenvalue weighted by Gasteiger charge is -2.26. The number of H-pyrrole nitrogens is 1. The van der Waals surface area contributed by atoms with Crippen LogP contribution in [0.25, 0.3) is 22.0 Å². The smallest absolute Gasteiger partial charge is 0.370 e. The monoisotopic (exact) mass is 466 g/mol. The Bertz CT molecular complexity index is 1300. The number of halogens is 3. The Kier molecular flexibility index (Phi) is 5.85. The summed E-state index contributed by atoms with van der Waals surface area (Å²) in [4.78, 5) is 14.0. The summed E-state index contributed by atoms with van der Waals surface area (Å²) in [5.41, 5.74) is -4.97. The molecule has 170 valence electrons. The van der Waals surface area contributed by atoms with Gasteiger partial charge >= 0.3 is 15.5 Å². The zero-order chi connectivity index (χ0) is 22.9. The second kappa shape index (κ2) is 8.45. The van der Waals surface area contributed by atoms with E-state index >= 15 is 0 Å². The molecule has 2 N–H and O–H groups in total. The van der Waals surface area contributed by atoms with Gasteiger partial charge < -0.3 is 4.90 Å². The zero-order valence-corrected chi connectivity index (χ0v) is 17.8. The highest BCUT2D eigenvalue weighted by molar-refractivity contribution is 7.93. The summed E-state index contributed by atoms with van der Waals surface area (Å²) in [5.74, 6) is 0. The predicted molar refractivity (Wildman–Crippen MR) is 117 cm³/mol. The summed E-state index contributed by atoms with van der Waals surface area (Å²) in [5, 5.41) is 7.32. The second-order valence-electron chi connectivity index (χ2n) is 7.63. The normalized spacial score (nSPS) is 15.5. The molecule has 32 heavy (non-hydrogen) atoms. The molecule has 0 aliphatic carbocycles. The maximum absolute atomic E-state index is 13.1. The minimum absolute atomic E-state index is 0.182. The average Bonchev–Trinajstić information content (AvgIpc) is 3.03. The number of hydrogen-bond donors (Lipinski definition) is 2. The van der Waals surface area contributed by atoms with Crippen LogP contribution in [-0.4, -0.2) is 37.2 Å². The maximum Gasteiger partial charge on any atom is 0.516 e. The number of benzene rings is 2. The molecular formula is C21H21F3N4O3S. The van der Waals surface area contributed by atoms with Gasteiger partial charge in [0.15, 0.2) is 0 Å². The average molecular weight is 466 g/mol. The Morgan fingerprint density at radius 2 is 1.62 bits per heavy atom. The number of hydrogen-bond acceptors (Lipinski definition) is 5. The summed E-state index contributed by atoms with van der Waals surface area (Å²) in [7, 11) is -5.62. The van der Waals surface area contributed by atoms with Crippen molar-refractivity contribution in [2.75, 3.05) is 22.7 Å². The van der Waals surface area contributed by atoms with E-state index in [2.05, 4.69) is 10.2 Å². The van der Waals surface area contributed by atoms with Crippen molar-refractivity contribution in [3.8, 4) is 11.3 Å². The zero-order valence-electron chi connectivity index (χ0n) is 16.9. The van der Waals surface area contributed by atoms with Crippen LogP contribution in [0.15, 0.2) is 47.3 Å². The fourth-order valence-corrected chi connectivity index (χ4v) is 4.46. The van der Waals surface area contributed by atoms with Gasteiger partial charge in [-0.25, -0.2) is 5.10 Å². The topological polar surface area (TPSA) is 95.2 Å². The Hall–Kier alpha value is -3.08. The van der Waals surface area contributed by atoms with E-state index < -0.39 is 21.1 Å². The van der Waals surface area contributed by atoms with Crippen LogP contribution < -0.4 is 15.2 Å². The fourth-order valence-electron chi connectivity index (χ4n) is 3.89. The SMILES string of the molecule is O=c1[nH]nc(-c2ccc(N3CCCCCC3)c(NS(=O)(=O)C(F)(F)F)c2)c2ccccc12. The molecule has 0 unspecified atom stereocenters. The molecule has 1 aromatic heterocycles. The number of alkyl halides is 3. The van der Waals surface area contributed by atoms with Crippen molar-refractivity contribution >= 4 is 32.2 Å². The molecule has 0 saturated carbocycles. The van der Waals surface area contributed by atoms with Crippen molar-refractivity contribution in [2.45, 2.75) is 31.2 Å². The van der Waals surface area contributed by atoms with Gasteiger partial charge in [0.05, 0.1) is 22.5 Å². The molecule has 0 amide bonds. The summed E-state index contributed by atoms with van der Waals surface area (Å²) in [6.07, 6.45) is 3.73. The van der Waals surface area contributed by atoms with Gasteiger partial charge in [0.25, 0.3) is 5.56 Å². The first kappa shape index (κ1) is 22.1. The number of sulfonamides is 1. The number of fused-ring (bicyclic) bond motifs is 1. The van der Waals surface area contributed by atoms with Gasteiger partial charge in [0, 0.05) is 24.0 Å². The Morgan fingerprint density at radius 1 is 0.969 bits per heavy atom. The van der Waals surface area contributed by atoms with E-state index in [-0.39, 0.29) is 5.69 Å². The molecule has 0 atom stereocenters. The second-order valence-corrected chi connectivity index (χ2v) is 9.31. The van der Waals surface area contributed by atoms with Crippen LogP contribution in [0.2, 0.25) is 0 Å². The summed E-state index contributed by atoms with van der Waals surface area (Å²) < 4.78 is 64.9. The van der Waals surface area contributed by atoms with Crippen LogP contribution in [0, 0.1) is 0 Å². The largest absolute Gasteiger partial charge is 0.516 e. The van der Waals surface area contributed by atoms with Crippen LogP contribution in [0.4, 0.5) is 24.5 Å². The van der Waals surface area contributed by atoms with Crippen LogP contribution >= 0.6 is 0 Å². The lowest BCUT2D eigenvalue weighted by Crippen LogP contribution is -2.31. The highest BCUT2D eigenvalue weighted by atomic mass is 32.2. The fraction of sp³-hybridized carbons (Fsp3) is 0.333. The summed E-state index contributed by atoms with van der Waals surface area (Å²) in [6, 6.07) is 11.3. The maximum atomic E-state index is 13.1. The Morgan fingerprint density at radius 3 is 2.28 bits per heavy atom. The first-order valence-corrected chi connectivity index (χ1v) is 11.6. The van der Waals surface area contributed by atoms with Crippen LogP contribution in [0.3, 0.4) is 0 Å². The van der Waals surface area contributed by atoms with Crippen LogP contribution in [-0.2, 0) is 10.0 Å². The van der Waals surface area contributed by atoms with Crippen molar-refractivity contribution in [2.24, 2.45) is 0 Å². The van der Waals surface area contributed by atoms with E-state index in [4.69, 9.17) is 0 Å².